The van der Waals surface area contributed by atoms with E-state index < -0.39 is 0 Å². The van der Waals surface area contributed by atoms with Crippen molar-refractivity contribution in [2.24, 2.45) is 0 Å². The molecule has 0 heterocycles. The molecule has 21 heavy (non-hydrogen) atoms. The van der Waals surface area contributed by atoms with E-state index in [1.54, 1.807) is 4.90 Å². The number of hydrogen-bond acceptors (Lipinski definition) is 2. The van der Waals surface area contributed by atoms with Crippen LogP contribution in [-0.4, -0.2) is 20.0 Å². The molecule has 0 aliphatic heterocycles. The average Bonchev–Trinajstić information content (AvgIpc) is 2.44. The Morgan fingerprint density at radius 3 is 2.14 bits per heavy atom. The molecule has 0 bridgehead atoms. The number of anilines is 2. The monoisotopic (exact) mass is 282 g/mol. The average molecular weight is 282 g/mol. The predicted molar refractivity (Wildman–Crippen MR) is 89.4 cm³/mol. The molecule has 1 amide bonds. The van der Waals surface area contributed by atoms with E-state index in [9.17, 15) is 4.79 Å². The first-order chi connectivity index (χ1) is 9.92. The molecule has 0 aliphatic carbocycles. The van der Waals surface area contributed by atoms with E-state index >= 15 is 0 Å². The van der Waals surface area contributed by atoms with Crippen LogP contribution in [0.2, 0.25) is 0 Å². The molecule has 3 heteroatoms. The van der Waals surface area contributed by atoms with Crippen LogP contribution in [0.4, 0.5) is 11.4 Å². The van der Waals surface area contributed by atoms with Gasteiger partial charge in [-0.1, -0.05) is 17.7 Å². The second kappa shape index (κ2) is 6.00. The summed E-state index contributed by atoms with van der Waals surface area (Å²) in [5.41, 5.74) is 5.85. The van der Waals surface area contributed by atoms with E-state index in [0.717, 1.165) is 28.1 Å². The Labute approximate surface area is 126 Å². The zero-order valence-corrected chi connectivity index (χ0v) is 13.3. The molecule has 2 aromatic rings. The van der Waals surface area contributed by atoms with E-state index in [4.69, 9.17) is 0 Å². The van der Waals surface area contributed by atoms with Crippen molar-refractivity contribution in [1.82, 2.24) is 0 Å². The molecular weight excluding hydrogens is 260 g/mol. The molecule has 0 saturated heterocycles. The minimum atomic E-state index is -0.00644. The minimum Gasteiger partial charge on any atom is -0.387 e. The third-order valence-electron chi connectivity index (χ3n) is 3.57. The first kappa shape index (κ1) is 15.1. The maximum Gasteiger partial charge on any atom is 0.260 e. The Kier molecular flexibility index (Phi) is 4.32. The van der Waals surface area contributed by atoms with Crippen molar-refractivity contribution in [1.29, 1.82) is 0 Å². The number of hydrogen-bond donors (Lipinski definition) is 1. The summed E-state index contributed by atoms with van der Waals surface area (Å²) in [5, 5.41) is 3.09. The Balaban J connectivity index is 2.41. The number of nitrogens with one attached hydrogen (secondary N) is 1. The summed E-state index contributed by atoms with van der Waals surface area (Å²) in [6, 6.07) is 12.0. The van der Waals surface area contributed by atoms with Gasteiger partial charge in [-0.3, -0.25) is 4.79 Å². The first-order valence-corrected chi connectivity index (χ1v) is 7.07. The van der Waals surface area contributed by atoms with Crippen molar-refractivity contribution in [3.8, 4) is 0 Å². The van der Waals surface area contributed by atoms with E-state index in [1.165, 1.54) is 0 Å². The summed E-state index contributed by atoms with van der Waals surface area (Å²) in [5.74, 6) is -0.00644. The minimum absolute atomic E-state index is 0.00644. The highest BCUT2D eigenvalue weighted by molar-refractivity contribution is 6.09. The quantitative estimate of drug-likeness (QED) is 0.925. The molecule has 0 saturated carbocycles. The van der Waals surface area contributed by atoms with Gasteiger partial charge in [-0.25, -0.2) is 0 Å². The maximum absolute atomic E-state index is 12.8. The highest BCUT2D eigenvalue weighted by Crippen LogP contribution is 2.23. The van der Waals surface area contributed by atoms with Gasteiger partial charge in [-0.05, 0) is 56.2 Å². The van der Waals surface area contributed by atoms with Gasteiger partial charge < -0.3 is 10.2 Å². The highest BCUT2D eigenvalue weighted by Gasteiger charge is 2.17. The van der Waals surface area contributed by atoms with Crippen molar-refractivity contribution >= 4 is 17.3 Å². The lowest BCUT2D eigenvalue weighted by molar-refractivity contribution is 0.0993. The zero-order chi connectivity index (χ0) is 15.6. The van der Waals surface area contributed by atoms with Gasteiger partial charge in [0, 0.05) is 25.5 Å². The lowest BCUT2D eigenvalue weighted by Crippen LogP contribution is -2.27. The van der Waals surface area contributed by atoms with E-state index in [0.29, 0.717) is 5.56 Å². The maximum atomic E-state index is 12.8. The number of nitrogens with zero attached hydrogens (tertiary/aromatic N) is 1. The molecule has 0 radical (unpaired) electrons. The van der Waals surface area contributed by atoms with Gasteiger partial charge >= 0.3 is 0 Å². The van der Waals surface area contributed by atoms with Crippen LogP contribution in [0.5, 0.6) is 0 Å². The van der Waals surface area contributed by atoms with Crippen LogP contribution in [0.15, 0.2) is 36.4 Å². The summed E-state index contributed by atoms with van der Waals surface area (Å²) in [6.45, 7) is 6.08. The number of carbonyl (C=O) groups is 1. The van der Waals surface area contributed by atoms with Crippen LogP contribution in [-0.2, 0) is 0 Å². The molecule has 0 spiro atoms. The first-order valence-electron chi connectivity index (χ1n) is 7.07. The van der Waals surface area contributed by atoms with Crippen molar-refractivity contribution in [2.45, 2.75) is 20.8 Å². The molecule has 2 aromatic carbocycles. The molecule has 0 aromatic heterocycles. The Bertz CT molecular complexity index is 657. The summed E-state index contributed by atoms with van der Waals surface area (Å²) in [7, 11) is 3.65. The number of aryl methyl sites for hydroxylation is 3. The molecule has 0 unspecified atom stereocenters. The molecule has 0 aliphatic rings. The third kappa shape index (κ3) is 3.24. The normalized spacial score (nSPS) is 10.3. The Morgan fingerprint density at radius 1 is 0.952 bits per heavy atom. The van der Waals surface area contributed by atoms with Gasteiger partial charge in [0.25, 0.3) is 5.91 Å². The number of carbonyl (C=O) groups excluding carboxylic acids is 1. The Hall–Kier alpha value is -2.29. The van der Waals surface area contributed by atoms with Gasteiger partial charge in [0.2, 0.25) is 0 Å². The fourth-order valence-electron chi connectivity index (χ4n) is 2.50. The van der Waals surface area contributed by atoms with Crippen LogP contribution in [0.3, 0.4) is 0 Å². The number of rotatable bonds is 3. The third-order valence-corrected chi connectivity index (χ3v) is 3.57. The van der Waals surface area contributed by atoms with Crippen LogP contribution in [0.25, 0.3) is 0 Å². The van der Waals surface area contributed by atoms with Crippen LogP contribution in [0.1, 0.15) is 27.0 Å². The van der Waals surface area contributed by atoms with E-state index in [1.807, 2.05) is 65.2 Å². The fraction of sp³-hybridized carbons (Fsp3) is 0.278. The lowest BCUT2D eigenvalue weighted by Gasteiger charge is -2.20. The van der Waals surface area contributed by atoms with Gasteiger partial charge in [0.05, 0.1) is 5.56 Å². The summed E-state index contributed by atoms with van der Waals surface area (Å²) >= 11 is 0. The second-order valence-corrected chi connectivity index (χ2v) is 5.51. The molecule has 3 nitrogen and oxygen atoms in total. The van der Waals surface area contributed by atoms with Gasteiger partial charge in [0.1, 0.15) is 0 Å². The lowest BCUT2D eigenvalue weighted by atomic mass is 10.1. The zero-order valence-electron chi connectivity index (χ0n) is 13.3. The molecular formula is C18H22N2O. The van der Waals surface area contributed by atoms with Crippen LogP contribution >= 0.6 is 0 Å². The van der Waals surface area contributed by atoms with Gasteiger partial charge in [0.15, 0.2) is 0 Å². The molecule has 110 valence electrons. The van der Waals surface area contributed by atoms with Gasteiger partial charge in [-0.2, -0.15) is 0 Å². The van der Waals surface area contributed by atoms with Crippen molar-refractivity contribution in [3.05, 3.63) is 58.7 Å². The van der Waals surface area contributed by atoms with Gasteiger partial charge in [-0.15, -0.1) is 0 Å². The summed E-state index contributed by atoms with van der Waals surface area (Å²) < 4.78 is 0. The van der Waals surface area contributed by atoms with E-state index in [-0.39, 0.29) is 5.91 Å². The highest BCUT2D eigenvalue weighted by atomic mass is 16.2. The van der Waals surface area contributed by atoms with Crippen LogP contribution in [0, 0.1) is 20.8 Å². The van der Waals surface area contributed by atoms with E-state index in [2.05, 4.69) is 11.4 Å². The number of benzene rings is 2. The largest absolute Gasteiger partial charge is 0.387 e. The van der Waals surface area contributed by atoms with Crippen molar-refractivity contribution in [2.75, 3.05) is 24.3 Å². The predicted octanol–water partition coefficient (Wildman–Crippen LogP) is 3.93. The summed E-state index contributed by atoms with van der Waals surface area (Å²) in [4.78, 5) is 14.5. The molecule has 0 atom stereocenters. The summed E-state index contributed by atoms with van der Waals surface area (Å²) in [6.07, 6.45) is 0. The SMILES string of the molecule is CNc1ccc(C)cc1C(=O)N(C)c1cc(C)cc(C)c1. The van der Waals surface area contributed by atoms with Crippen molar-refractivity contribution < 1.29 is 4.79 Å². The van der Waals surface area contributed by atoms with Crippen molar-refractivity contribution in [3.63, 3.8) is 0 Å². The fourth-order valence-corrected chi connectivity index (χ4v) is 2.50. The molecule has 0 fully saturated rings. The Morgan fingerprint density at radius 2 is 1.57 bits per heavy atom. The molecule has 1 N–H and O–H groups in total. The number of amides is 1. The smallest absolute Gasteiger partial charge is 0.260 e. The topological polar surface area (TPSA) is 32.3 Å². The molecule has 2 rings (SSSR count). The second-order valence-electron chi connectivity index (χ2n) is 5.51. The van der Waals surface area contributed by atoms with Crippen LogP contribution < -0.4 is 10.2 Å². The standard InChI is InChI=1S/C18H22N2O/c1-12-6-7-17(19-4)16(11-12)18(21)20(5)15-9-13(2)8-14(3)10-15/h6-11,19H,1-5H3.